The second kappa shape index (κ2) is 10.6. The van der Waals surface area contributed by atoms with Crippen molar-refractivity contribution in [3.8, 4) is 0 Å². The standard InChI is InChI=1S/C21H39N3O3/c1-3-22-20(23-11-6-12-26-16-17-7-13-25-14-8-17)24-18-15-19(27-4-2)21(18)9-5-10-21/h17-19H,3-16H2,1-2H3,(H2,22,23,24). The van der Waals surface area contributed by atoms with E-state index in [2.05, 4.69) is 24.5 Å². The van der Waals surface area contributed by atoms with Crippen molar-refractivity contribution in [2.24, 2.45) is 16.3 Å². The molecule has 27 heavy (non-hydrogen) atoms. The van der Waals surface area contributed by atoms with E-state index in [1.165, 1.54) is 19.3 Å². The van der Waals surface area contributed by atoms with Gasteiger partial charge in [-0.25, -0.2) is 0 Å². The summed E-state index contributed by atoms with van der Waals surface area (Å²) in [7, 11) is 0. The Morgan fingerprint density at radius 2 is 2.04 bits per heavy atom. The maximum Gasteiger partial charge on any atom is 0.191 e. The number of hydrogen-bond donors (Lipinski definition) is 2. The summed E-state index contributed by atoms with van der Waals surface area (Å²) in [6, 6.07) is 0.505. The molecular formula is C21H39N3O3. The summed E-state index contributed by atoms with van der Waals surface area (Å²) in [5.74, 6) is 1.63. The molecular weight excluding hydrogens is 342 g/mol. The lowest BCUT2D eigenvalue weighted by Crippen LogP contribution is -2.68. The molecule has 2 unspecified atom stereocenters. The van der Waals surface area contributed by atoms with Crippen LogP contribution >= 0.6 is 0 Å². The highest BCUT2D eigenvalue weighted by Crippen LogP contribution is 2.57. The maximum atomic E-state index is 5.96. The SMILES string of the molecule is CCNC(=NCCCOCC1CCOCC1)NC1CC(OCC)C12CCC2. The Kier molecular flexibility index (Phi) is 8.22. The van der Waals surface area contributed by atoms with Crippen LogP contribution in [-0.2, 0) is 14.2 Å². The monoisotopic (exact) mass is 381 g/mol. The molecule has 3 rings (SSSR count). The second-order valence-electron chi connectivity index (χ2n) is 8.21. The topological polar surface area (TPSA) is 64.1 Å². The first-order valence-electron chi connectivity index (χ1n) is 11.1. The summed E-state index contributed by atoms with van der Waals surface area (Å²) in [6.07, 6.45) is 8.69. The summed E-state index contributed by atoms with van der Waals surface area (Å²) in [6.45, 7) is 10.2. The highest BCUT2D eigenvalue weighted by Gasteiger charge is 2.59. The van der Waals surface area contributed by atoms with Crippen LogP contribution in [0.3, 0.4) is 0 Å². The molecule has 0 radical (unpaired) electrons. The molecule has 0 aromatic carbocycles. The molecule has 3 aliphatic rings. The minimum atomic E-state index is 0.360. The maximum absolute atomic E-state index is 5.96. The first kappa shape index (κ1) is 20.9. The summed E-state index contributed by atoms with van der Waals surface area (Å²) < 4.78 is 17.2. The number of rotatable bonds is 10. The number of nitrogens with one attached hydrogen (secondary N) is 2. The predicted octanol–water partition coefficient (Wildman–Crippen LogP) is 2.72. The summed E-state index contributed by atoms with van der Waals surface area (Å²) >= 11 is 0. The van der Waals surface area contributed by atoms with Gasteiger partial charge in [0.15, 0.2) is 5.96 Å². The van der Waals surface area contributed by atoms with Crippen LogP contribution in [-0.4, -0.2) is 64.2 Å². The molecule has 0 amide bonds. The quantitative estimate of drug-likeness (QED) is 0.346. The highest BCUT2D eigenvalue weighted by atomic mass is 16.5. The summed E-state index contributed by atoms with van der Waals surface area (Å²) in [5, 5.41) is 7.08. The fourth-order valence-corrected chi connectivity index (χ4v) is 4.65. The first-order chi connectivity index (χ1) is 13.3. The van der Waals surface area contributed by atoms with E-state index in [4.69, 9.17) is 19.2 Å². The van der Waals surface area contributed by atoms with Gasteiger partial charge in [0, 0.05) is 57.6 Å². The lowest BCUT2D eigenvalue weighted by molar-refractivity contribution is -0.168. The lowest BCUT2D eigenvalue weighted by Gasteiger charge is -2.61. The van der Waals surface area contributed by atoms with E-state index in [9.17, 15) is 0 Å². The number of nitrogens with zero attached hydrogens (tertiary/aromatic N) is 1. The third-order valence-corrected chi connectivity index (χ3v) is 6.50. The third-order valence-electron chi connectivity index (χ3n) is 6.50. The molecule has 6 heteroatoms. The largest absolute Gasteiger partial charge is 0.381 e. The molecule has 0 bridgehead atoms. The fraction of sp³-hybridized carbons (Fsp3) is 0.952. The smallest absolute Gasteiger partial charge is 0.191 e. The Labute approximate surface area is 164 Å². The molecule has 1 aliphatic heterocycles. The molecule has 1 heterocycles. The molecule has 1 saturated heterocycles. The average Bonchev–Trinajstić information content (AvgIpc) is 2.63. The van der Waals surface area contributed by atoms with Crippen LogP contribution in [0, 0.1) is 11.3 Å². The Balaban J connectivity index is 1.35. The van der Waals surface area contributed by atoms with Crippen LogP contribution in [0.15, 0.2) is 4.99 Å². The van der Waals surface area contributed by atoms with Crippen molar-refractivity contribution in [3.05, 3.63) is 0 Å². The normalized spacial score (nSPS) is 27.9. The number of guanidine groups is 1. The number of aliphatic imine (C=N–C) groups is 1. The Morgan fingerprint density at radius 1 is 1.22 bits per heavy atom. The van der Waals surface area contributed by atoms with Crippen molar-refractivity contribution >= 4 is 5.96 Å². The Bertz CT molecular complexity index is 462. The van der Waals surface area contributed by atoms with Gasteiger partial charge >= 0.3 is 0 Å². The molecule has 2 saturated carbocycles. The van der Waals surface area contributed by atoms with E-state index in [1.807, 2.05) is 0 Å². The van der Waals surface area contributed by atoms with Gasteiger partial charge in [-0.15, -0.1) is 0 Å². The zero-order valence-electron chi connectivity index (χ0n) is 17.3. The van der Waals surface area contributed by atoms with E-state index in [1.54, 1.807) is 0 Å². The lowest BCUT2D eigenvalue weighted by atomic mass is 9.51. The molecule has 2 atom stereocenters. The van der Waals surface area contributed by atoms with Gasteiger partial charge in [0.05, 0.1) is 6.10 Å². The average molecular weight is 382 g/mol. The van der Waals surface area contributed by atoms with Crippen molar-refractivity contribution in [2.75, 3.05) is 46.1 Å². The van der Waals surface area contributed by atoms with Crippen LogP contribution in [0.5, 0.6) is 0 Å². The molecule has 6 nitrogen and oxygen atoms in total. The van der Waals surface area contributed by atoms with E-state index < -0.39 is 0 Å². The second-order valence-corrected chi connectivity index (χ2v) is 8.21. The van der Waals surface area contributed by atoms with Gasteiger partial charge in [0.1, 0.15) is 0 Å². The molecule has 0 aromatic rings. The Hall–Kier alpha value is -0.850. The van der Waals surface area contributed by atoms with Gasteiger partial charge in [-0.1, -0.05) is 6.42 Å². The van der Waals surface area contributed by atoms with Gasteiger partial charge in [0.25, 0.3) is 0 Å². The van der Waals surface area contributed by atoms with Crippen molar-refractivity contribution in [1.29, 1.82) is 0 Å². The van der Waals surface area contributed by atoms with Crippen molar-refractivity contribution < 1.29 is 14.2 Å². The van der Waals surface area contributed by atoms with E-state index in [0.29, 0.717) is 23.5 Å². The number of hydrogen-bond acceptors (Lipinski definition) is 4. The summed E-state index contributed by atoms with van der Waals surface area (Å²) in [5.41, 5.74) is 0.360. The van der Waals surface area contributed by atoms with Crippen LogP contribution in [0.4, 0.5) is 0 Å². The van der Waals surface area contributed by atoms with Crippen LogP contribution < -0.4 is 10.6 Å². The zero-order chi connectivity index (χ0) is 19.0. The van der Waals surface area contributed by atoms with Crippen LogP contribution in [0.1, 0.15) is 58.8 Å². The molecule has 3 fully saturated rings. The van der Waals surface area contributed by atoms with E-state index in [0.717, 1.165) is 77.8 Å². The first-order valence-corrected chi connectivity index (χ1v) is 11.1. The molecule has 1 spiro atoms. The van der Waals surface area contributed by atoms with Gasteiger partial charge in [-0.3, -0.25) is 4.99 Å². The Morgan fingerprint density at radius 3 is 2.70 bits per heavy atom. The predicted molar refractivity (Wildman–Crippen MR) is 108 cm³/mol. The van der Waals surface area contributed by atoms with Crippen LogP contribution in [0.25, 0.3) is 0 Å². The van der Waals surface area contributed by atoms with E-state index >= 15 is 0 Å². The van der Waals surface area contributed by atoms with E-state index in [-0.39, 0.29) is 0 Å². The number of ether oxygens (including phenoxy) is 3. The molecule has 2 aliphatic carbocycles. The fourth-order valence-electron chi connectivity index (χ4n) is 4.65. The molecule has 156 valence electrons. The molecule has 2 N–H and O–H groups in total. The third kappa shape index (κ3) is 5.36. The van der Waals surface area contributed by atoms with Gasteiger partial charge in [-0.05, 0) is 58.3 Å². The minimum absolute atomic E-state index is 0.360. The van der Waals surface area contributed by atoms with Crippen molar-refractivity contribution in [2.45, 2.75) is 70.9 Å². The van der Waals surface area contributed by atoms with Gasteiger partial charge in [-0.2, -0.15) is 0 Å². The summed E-state index contributed by atoms with van der Waals surface area (Å²) in [4.78, 5) is 4.77. The minimum Gasteiger partial charge on any atom is -0.381 e. The van der Waals surface area contributed by atoms with Crippen LogP contribution in [0.2, 0.25) is 0 Å². The van der Waals surface area contributed by atoms with Gasteiger partial charge < -0.3 is 24.8 Å². The van der Waals surface area contributed by atoms with Gasteiger partial charge in [0.2, 0.25) is 0 Å². The highest BCUT2D eigenvalue weighted by molar-refractivity contribution is 5.80. The zero-order valence-corrected chi connectivity index (χ0v) is 17.3. The molecule has 0 aromatic heterocycles. The van der Waals surface area contributed by atoms with Crippen molar-refractivity contribution in [3.63, 3.8) is 0 Å². The van der Waals surface area contributed by atoms with Crippen molar-refractivity contribution in [1.82, 2.24) is 10.6 Å².